The van der Waals surface area contributed by atoms with Crippen molar-refractivity contribution in [3.8, 4) is 5.75 Å². The van der Waals surface area contributed by atoms with Crippen LogP contribution in [0.5, 0.6) is 5.75 Å². The number of nitrogens with one attached hydrogen (secondary N) is 1. The summed E-state index contributed by atoms with van der Waals surface area (Å²) in [5, 5.41) is 7.58. The lowest BCUT2D eigenvalue weighted by molar-refractivity contribution is 0.312. The largest absolute Gasteiger partial charge is 0.493 e. The van der Waals surface area contributed by atoms with Gasteiger partial charge in [0.2, 0.25) is 0 Å². The number of benzene rings is 1. The van der Waals surface area contributed by atoms with Crippen LogP contribution < -0.4 is 10.1 Å². The predicted molar refractivity (Wildman–Crippen MR) is 80.9 cm³/mol. The number of aromatic nitrogens is 2. The number of para-hydroxylation sites is 1. The van der Waals surface area contributed by atoms with Crippen LogP contribution in [0.25, 0.3) is 0 Å². The number of rotatable bonds is 7. The molecule has 108 valence electrons. The van der Waals surface area contributed by atoms with Crippen LogP contribution in [0.3, 0.4) is 0 Å². The van der Waals surface area contributed by atoms with E-state index in [1.54, 1.807) is 0 Å². The monoisotopic (exact) mass is 273 g/mol. The van der Waals surface area contributed by atoms with Crippen LogP contribution >= 0.6 is 0 Å². The summed E-state index contributed by atoms with van der Waals surface area (Å²) < 4.78 is 7.84. The van der Waals surface area contributed by atoms with Crippen LogP contribution in [-0.2, 0) is 13.5 Å². The number of hydrogen-bond acceptors (Lipinski definition) is 3. The Hall–Kier alpha value is -1.81. The van der Waals surface area contributed by atoms with Gasteiger partial charge in [-0.2, -0.15) is 5.10 Å². The molecule has 0 spiro atoms. The zero-order valence-corrected chi connectivity index (χ0v) is 12.5. The Bertz CT molecular complexity index is 536. The fourth-order valence-corrected chi connectivity index (χ4v) is 2.30. The van der Waals surface area contributed by atoms with Crippen molar-refractivity contribution >= 4 is 0 Å². The molecule has 20 heavy (non-hydrogen) atoms. The van der Waals surface area contributed by atoms with E-state index in [0.29, 0.717) is 12.6 Å². The molecule has 1 N–H and O–H groups in total. The second kappa shape index (κ2) is 7.10. The Balaban J connectivity index is 1.97. The molecule has 1 heterocycles. The Kier molecular flexibility index (Phi) is 5.18. The molecule has 1 aromatic carbocycles. The number of nitrogens with zero attached hydrogens (tertiary/aromatic N) is 2. The topological polar surface area (TPSA) is 39.1 Å². The number of ether oxygens (including phenoxy) is 1. The van der Waals surface area contributed by atoms with Gasteiger partial charge in [-0.25, -0.2) is 0 Å². The van der Waals surface area contributed by atoms with Crippen molar-refractivity contribution in [2.45, 2.75) is 26.3 Å². The maximum atomic E-state index is 5.95. The molecular formula is C16H23N3O. The van der Waals surface area contributed by atoms with Gasteiger partial charge in [0.15, 0.2) is 0 Å². The zero-order valence-electron chi connectivity index (χ0n) is 12.5. The number of hydrogen-bond donors (Lipinski definition) is 1. The molecule has 0 saturated carbocycles. The van der Waals surface area contributed by atoms with Gasteiger partial charge >= 0.3 is 0 Å². The summed E-state index contributed by atoms with van der Waals surface area (Å²) in [4.78, 5) is 0. The van der Waals surface area contributed by atoms with Crippen molar-refractivity contribution in [2.75, 3.05) is 13.2 Å². The third-order valence-corrected chi connectivity index (χ3v) is 3.43. The average molecular weight is 273 g/mol. The first kappa shape index (κ1) is 14.6. The highest BCUT2D eigenvalue weighted by atomic mass is 16.5. The summed E-state index contributed by atoms with van der Waals surface area (Å²) in [5.74, 6) is 0.961. The van der Waals surface area contributed by atoms with Crippen molar-refractivity contribution in [1.82, 2.24) is 15.1 Å². The summed E-state index contributed by atoms with van der Waals surface area (Å²) in [6, 6.07) is 10.5. The summed E-state index contributed by atoms with van der Waals surface area (Å²) in [5.41, 5.74) is 2.39. The number of aryl methyl sites for hydroxylation is 1. The first-order valence-corrected chi connectivity index (χ1v) is 7.14. The van der Waals surface area contributed by atoms with Crippen LogP contribution in [-0.4, -0.2) is 22.9 Å². The van der Waals surface area contributed by atoms with Crippen LogP contribution in [0.15, 0.2) is 36.5 Å². The minimum absolute atomic E-state index is 0.299. The van der Waals surface area contributed by atoms with E-state index in [-0.39, 0.29) is 0 Å². The molecule has 0 saturated heterocycles. The highest BCUT2D eigenvalue weighted by molar-refractivity contribution is 5.35. The van der Waals surface area contributed by atoms with Gasteiger partial charge in [-0.1, -0.05) is 25.1 Å². The van der Waals surface area contributed by atoms with Gasteiger partial charge in [-0.15, -0.1) is 0 Å². The van der Waals surface area contributed by atoms with Gasteiger partial charge in [-0.3, -0.25) is 4.68 Å². The maximum absolute atomic E-state index is 5.95. The molecule has 1 atom stereocenters. The molecule has 2 rings (SSSR count). The van der Waals surface area contributed by atoms with E-state index in [0.717, 1.165) is 18.7 Å². The third-order valence-electron chi connectivity index (χ3n) is 3.43. The van der Waals surface area contributed by atoms with E-state index in [9.17, 15) is 0 Å². The van der Waals surface area contributed by atoms with Gasteiger partial charge < -0.3 is 10.1 Å². The molecule has 0 aliphatic carbocycles. The second-order valence-corrected chi connectivity index (χ2v) is 4.86. The lowest BCUT2D eigenvalue weighted by atomic mass is 10.1. The van der Waals surface area contributed by atoms with E-state index < -0.39 is 0 Å². The van der Waals surface area contributed by atoms with Gasteiger partial charge in [0.1, 0.15) is 5.75 Å². The molecule has 2 aromatic rings. The van der Waals surface area contributed by atoms with Gasteiger partial charge in [0.05, 0.1) is 6.61 Å². The Morgan fingerprint density at radius 3 is 2.80 bits per heavy atom. The molecular weight excluding hydrogens is 250 g/mol. The summed E-state index contributed by atoms with van der Waals surface area (Å²) in [6.07, 6.45) is 2.68. The molecule has 0 amide bonds. The van der Waals surface area contributed by atoms with Crippen LogP contribution in [0, 0.1) is 0 Å². The standard InChI is InChI=1S/C16H23N3O/c1-4-17-13(2)15-7-5-6-8-16(15)20-12-10-14-9-11-18-19(14)3/h5-9,11,13,17H,4,10,12H2,1-3H3. The lowest BCUT2D eigenvalue weighted by Gasteiger charge is -2.17. The van der Waals surface area contributed by atoms with Crippen molar-refractivity contribution in [3.63, 3.8) is 0 Å². The van der Waals surface area contributed by atoms with Gasteiger partial charge in [0.25, 0.3) is 0 Å². The lowest BCUT2D eigenvalue weighted by Crippen LogP contribution is -2.18. The fraction of sp³-hybridized carbons (Fsp3) is 0.438. The fourth-order valence-electron chi connectivity index (χ4n) is 2.30. The SMILES string of the molecule is CCNC(C)c1ccccc1OCCc1ccnn1C. The average Bonchev–Trinajstić information content (AvgIpc) is 2.85. The first-order valence-electron chi connectivity index (χ1n) is 7.14. The van der Waals surface area contributed by atoms with E-state index in [4.69, 9.17) is 4.74 Å². The maximum Gasteiger partial charge on any atom is 0.124 e. The smallest absolute Gasteiger partial charge is 0.124 e. The minimum atomic E-state index is 0.299. The van der Waals surface area contributed by atoms with Crippen molar-refractivity contribution in [2.24, 2.45) is 7.05 Å². The van der Waals surface area contributed by atoms with E-state index in [2.05, 4.69) is 36.4 Å². The van der Waals surface area contributed by atoms with E-state index in [1.165, 1.54) is 11.3 Å². The minimum Gasteiger partial charge on any atom is -0.493 e. The van der Waals surface area contributed by atoms with Crippen LogP contribution in [0.1, 0.15) is 31.1 Å². The van der Waals surface area contributed by atoms with Crippen molar-refractivity contribution in [3.05, 3.63) is 47.8 Å². The summed E-state index contributed by atoms with van der Waals surface area (Å²) >= 11 is 0. The molecule has 0 radical (unpaired) electrons. The van der Waals surface area contributed by atoms with Crippen molar-refractivity contribution < 1.29 is 4.74 Å². The van der Waals surface area contributed by atoms with Crippen molar-refractivity contribution in [1.29, 1.82) is 0 Å². The quantitative estimate of drug-likeness (QED) is 0.843. The van der Waals surface area contributed by atoms with Crippen LogP contribution in [0.4, 0.5) is 0 Å². The molecule has 4 heteroatoms. The highest BCUT2D eigenvalue weighted by Crippen LogP contribution is 2.24. The highest BCUT2D eigenvalue weighted by Gasteiger charge is 2.10. The summed E-state index contributed by atoms with van der Waals surface area (Å²) in [7, 11) is 1.95. The molecule has 0 bridgehead atoms. The Morgan fingerprint density at radius 1 is 1.30 bits per heavy atom. The second-order valence-electron chi connectivity index (χ2n) is 4.86. The molecule has 0 aliphatic heterocycles. The van der Waals surface area contributed by atoms with Crippen LogP contribution in [0.2, 0.25) is 0 Å². The first-order chi connectivity index (χ1) is 9.72. The normalized spacial score (nSPS) is 12.3. The molecule has 1 aromatic heterocycles. The summed E-state index contributed by atoms with van der Waals surface area (Å²) in [6.45, 7) is 5.88. The Labute approximate surface area is 120 Å². The Morgan fingerprint density at radius 2 is 2.10 bits per heavy atom. The molecule has 0 aliphatic rings. The third kappa shape index (κ3) is 3.61. The van der Waals surface area contributed by atoms with E-state index >= 15 is 0 Å². The molecule has 4 nitrogen and oxygen atoms in total. The predicted octanol–water partition coefficient (Wildman–Crippen LogP) is 2.71. The van der Waals surface area contributed by atoms with Gasteiger partial charge in [-0.05, 0) is 25.6 Å². The zero-order chi connectivity index (χ0) is 14.4. The van der Waals surface area contributed by atoms with E-state index in [1.807, 2.05) is 36.1 Å². The van der Waals surface area contributed by atoms with Gasteiger partial charge in [0, 0.05) is 37.0 Å². The molecule has 1 unspecified atom stereocenters. The molecule has 0 fully saturated rings.